The number of carboxylic acid groups (broad SMARTS) is 1. The summed E-state index contributed by atoms with van der Waals surface area (Å²) in [5.41, 5.74) is 6.93. The Kier molecular flexibility index (Phi) is 3.36. The van der Waals surface area contributed by atoms with Crippen LogP contribution < -0.4 is 5.73 Å². The van der Waals surface area contributed by atoms with Gasteiger partial charge >= 0.3 is 5.97 Å². The maximum Gasteiger partial charge on any atom is 0.348 e. The Labute approximate surface area is 126 Å². The first-order chi connectivity index (χ1) is 9.61. The predicted molar refractivity (Wildman–Crippen MR) is 83.9 cm³/mol. The number of fused-ring (bicyclic) bond motifs is 1. The van der Waals surface area contributed by atoms with Crippen LogP contribution >= 0.6 is 34.4 Å². The minimum absolute atomic E-state index is 0.116. The van der Waals surface area contributed by atoms with Gasteiger partial charge in [0.25, 0.3) is 0 Å². The van der Waals surface area contributed by atoms with Crippen LogP contribution in [0.3, 0.4) is 0 Å². The Bertz CT molecular complexity index is 796. The number of aromatic carboxylic acids is 1. The average Bonchev–Trinajstić information content (AvgIpc) is 3.06. The van der Waals surface area contributed by atoms with Gasteiger partial charge in [0, 0.05) is 0 Å². The molecule has 0 aliphatic rings. The van der Waals surface area contributed by atoms with E-state index in [9.17, 15) is 9.90 Å². The molecule has 5 nitrogen and oxygen atoms in total. The molecule has 0 saturated heterocycles. The van der Waals surface area contributed by atoms with Crippen molar-refractivity contribution < 1.29 is 9.90 Å². The average molecular weight is 323 g/mol. The largest absolute Gasteiger partial charge is 0.477 e. The van der Waals surface area contributed by atoms with Crippen molar-refractivity contribution in [3.05, 3.63) is 22.4 Å². The van der Waals surface area contributed by atoms with Gasteiger partial charge in [0.2, 0.25) is 0 Å². The quantitative estimate of drug-likeness (QED) is 0.567. The zero-order valence-electron chi connectivity index (χ0n) is 10.3. The second-order valence-corrected chi connectivity index (χ2v) is 6.59. The van der Waals surface area contributed by atoms with Crippen molar-refractivity contribution in [3.63, 3.8) is 0 Å². The topological polar surface area (TPSA) is 89.1 Å². The molecule has 3 N–H and O–H groups in total. The number of nitrogens with zero attached hydrogens (tertiary/aromatic N) is 2. The molecule has 20 heavy (non-hydrogen) atoms. The number of hydrogen-bond donors (Lipinski definition) is 2. The zero-order chi connectivity index (χ0) is 14.3. The fourth-order valence-electron chi connectivity index (χ4n) is 1.84. The standard InChI is InChI=1S/C12H9N3O2S3/c1-18-12-14-8(5-3-2-4-19-5)6-7(13)9(11(16)17)20-10(6)15-12/h2-4H,13H2,1H3,(H,16,17). The highest BCUT2D eigenvalue weighted by Crippen LogP contribution is 2.40. The van der Waals surface area contributed by atoms with E-state index in [1.54, 1.807) is 0 Å². The molecule has 8 heteroatoms. The summed E-state index contributed by atoms with van der Waals surface area (Å²) >= 11 is 4.05. The molecule has 0 fully saturated rings. The van der Waals surface area contributed by atoms with E-state index in [0.29, 0.717) is 21.1 Å². The summed E-state index contributed by atoms with van der Waals surface area (Å²) in [5.74, 6) is -1.03. The third-order valence-corrected chi connectivity index (χ3v) is 5.21. The molecule has 0 amide bonds. The molecule has 0 radical (unpaired) electrons. The van der Waals surface area contributed by atoms with Gasteiger partial charge in [0.15, 0.2) is 5.16 Å². The number of aromatic nitrogens is 2. The van der Waals surface area contributed by atoms with Crippen molar-refractivity contribution in [1.29, 1.82) is 0 Å². The fraction of sp³-hybridized carbons (Fsp3) is 0.0833. The number of rotatable bonds is 3. The summed E-state index contributed by atoms with van der Waals surface area (Å²) in [5, 5.41) is 12.4. The van der Waals surface area contributed by atoms with Gasteiger partial charge in [-0.25, -0.2) is 14.8 Å². The van der Waals surface area contributed by atoms with E-state index >= 15 is 0 Å². The zero-order valence-corrected chi connectivity index (χ0v) is 12.7. The van der Waals surface area contributed by atoms with E-state index < -0.39 is 5.97 Å². The lowest BCUT2D eigenvalue weighted by Crippen LogP contribution is -1.98. The molecule has 3 aromatic rings. The SMILES string of the molecule is CSc1nc(-c2cccs2)c2c(N)c(C(=O)O)sc2n1. The number of carbonyl (C=O) groups is 1. The van der Waals surface area contributed by atoms with Crippen LogP contribution in [0.25, 0.3) is 20.8 Å². The number of anilines is 1. The summed E-state index contributed by atoms with van der Waals surface area (Å²) < 4.78 is 0. The Morgan fingerprint density at radius 3 is 2.85 bits per heavy atom. The second kappa shape index (κ2) is 5.04. The van der Waals surface area contributed by atoms with E-state index in [-0.39, 0.29) is 10.6 Å². The Hall–Kier alpha value is -1.64. The smallest absolute Gasteiger partial charge is 0.348 e. The molecule has 0 aliphatic heterocycles. The van der Waals surface area contributed by atoms with Crippen LogP contribution in [-0.4, -0.2) is 27.3 Å². The van der Waals surface area contributed by atoms with Crippen LogP contribution in [0.5, 0.6) is 0 Å². The number of thioether (sulfide) groups is 1. The van der Waals surface area contributed by atoms with Crippen molar-refractivity contribution in [2.24, 2.45) is 0 Å². The van der Waals surface area contributed by atoms with Gasteiger partial charge < -0.3 is 10.8 Å². The molecule has 0 saturated carbocycles. The summed E-state index contributed by atoms with van der Waals surface area (Å²) in [7, 11) is 0. The van der Waals surface area contributed by atoms with E-state index in [2.05, 4.69) is 9.97 Å². The highest BCUT2D eigenvalue weighted by atomic mass is 32.2. The molecular weight excluding hydrogens is 314 g/mol. The molecule has 3 heterocycles. The number of nitrogen functional groups attached to an aromatic ring is 1. The van der Waals surface area contributed by atoms with Crippen molar-refractivity contribution >= 4 is 56.3 Å². The second-order valence-electron chi connectivity index (χ2n) is 3.87. The first kappa shape index (κ1) is 13.3. The van der Waals surface area contributed by atoms with Crippen LogP contribution in [0.1, 0.15) is 9.67 Å². The molecule has 0 aliphatic carbocycles. The lowest BCUT2D eigenvalue weighted by Gasteiger charge is -2.03. The van der Waals surface area contributed by atoms with Crippen molar-refractivity contribution in [2.45, 2.75) is 5.16 Å². The summed E-state index contributed by atoms with van der Waals surface area (Å²) in [6.07, 6.45) is 1.88. The van der Waals surface area contributed by atoms with Gasteiger partial charge in [0.1, 0.15) is 9.71 Å². The van der Waals surface area contributed by atoms with Gasteiger partial charge in [0.05, 0.1) is 21.6 Å². The molecule has 3 aromatic heterocycles. The first-order valence-electron chi connectivity index (χ1n) is 5.53. The summed E-state index contributed by atoms with van der Waals surface area (Å²) in [4.78, 5) is 21.8. The molecule has 3 rings (SSSR count). The van der Waals surface area contributed by atoms with Crippen LogP contribution in [-0.2, 0) is 0 Å². The Morgan fingerprint density at radius 2 is 2.25 bits per heavy atom. The molecular formula is C12H9N3O2S3. The number of carboxylic acids is 1. The van der Waals surface area contributed by atoms with Crippen molar-refractivity contribution in [2.75, 3.05) is 12.0 Å². The predicted octanol–water partition coefficient (Wildman–Crippen LogP) is 3.42. The van der Waals surface area contributed by atoms with Crippen LogP contribution in [0.4, 0.5) is 5.69 Å². The Balaban J connectivity index is 2.39. The highest BCUT2D eigenvalue weighted by molar-refractivity contribution is 7.98. The van der Waals surface area contributed by atoms with Crippen LogP contribution in [0, 0.1) is 0 Å². The van der Waals surface area contributed by atoms with Crippen molar-refractivity contribution in [1.82, 2.24) is 9.97 Å². The maximum atomic E-state index is 11.2. The molecule has 0 spiro atoms. The van der Waals surface area contributed by atoms with Gasteiger partial charge in [-0.05, 0) is 17.7 Å². The van der Waals surface area contributed by atoms with Gasteiger partial charge in [-0.15, -0.1) is 22.7 Å². The lowest BCUT2D eigenvalue weighted by atomic mass is 10.2. The van der Waals surface area contributed by atoms with Gasteiger partial charge in [-0.1, -0.05) is 17.8 Å². The minimum Gasteiger partial charge on any atom is -0.477 e. The van der Waals surface area contributed by atoms with Crippen molar-refractivity contribution in [3.8, 4) is 10.6 Å². The van der Waals surface area contributed by atoms with Gasteiger partial charge in [-0.2, -0.15) is 0 Å². The third kappa shape index (κ3) is 2.05. The normalized spacial score (nSPS) is 11.1. The Morgan fingerprint density at radius 1 is 1.45 bits per heavy atom. The molecule has 0 atom stereocenters. The first-order valence-corrected chi connectivity index (χ1v) is 8.45. The molecule has 0 aromatic carbocycles. The molecule has 0 unspecified atom stereocenters. The molecule has 102 valence electrons. The lowest BCUT2D eigenvalue weighted by molar-refractivity contribution is 0.0703. The third-order valence-electron chi connectivity index (χ3n) is 2.70. The minimum atomic E-state index is -1.03. The monoisotopic (exact) mass is 323 g/mol. The highest BCUT2D eigenvalue weighted by Gasteiger charge is 2.21. The van der Waals surface area contributed by atoms with E-state index in [1.807, 2.05) is 23.8 Å². The van der Waals surface area contributed by atoms with Crippen LogP contribution in [0.15, 0.2) is 22.7 Å². The van der Waals surface area contributed by atoms with Gasteiger partial charge in [-0.3, -0.25) is 0 Å². The molecule has 0 bridgehead atoms. The fourth-order valence-corrected chi connectivity index (χ4v) is 3.92. The van der Waals surface area contributed by atoms with E-state index in [4.69, 9.17) is 5.73 Å². The maximum absolute atomic E-state index is 11.2. The summed E-state index contributed by atoms with van der Waals surface area (Å²) in [6, 6.07) is 3.86. The number of nitrogens with two attached hydrogens (primary N) is 1. The number of thiophene rings is 2. The van der Waals surface area contributed by atoms with E-state index in [1.165, 1.54) is 23.1 Å². The number of hydrogen-bond acceptors (Lipinski definition) is 7. The van der Waals surface area contributed by atoms with E-state index in [0.717, 1.165) is 16.2 Å². The van der Waals surface area contributed by atoms with Crippen LogP contribution in [0.2, 0.25) is 0 Å². The summed E-state index contributed by atoms with van der Waals surface area (Å²) in [6.45, 7) is 0.